The van der Waals surface area contributed by atoms with Gasteiger partial charge in [0, 0.05) is 17.2 Å². The number of hydrogen-bond acceptors (Lipinski definition) is 5. The van der Waals surface area contributed by atoms with E-state index in [4.69, 9.17) is 38.2 Å². The minimum atomic E-state index is -0.167. The SMILES string of the molecule is CC(=O)c1ccc(O)c(Cl)c1.CC(=O)c1ccc(OC(C)C)c(Cl)c1.CC(C)O. The predicted octanol–water partition coefficient (Wildman–Crippen LogP) is 5.97. The zero-order chi connectivity index (χ0) is 22.7. The Balaban J connectivity index is 0.000000466. The second kappa shape index (κ2) is 13.2. The number of carbonyl (C=O) groups is 2. The summed E-state index contributed by atoms with van der Waals surface area (Å²) >= 11 is 11.5. The predicted molar refractivity (Wildman–Crippen MR) is 118 cm³/mol. The lowest BCUT2D eigenvalue weighted by molar-refractivity contribution is 0.100. The molecule has 0 bridgehead atoms. The van der Waals surface area contributed by atoms with Crippen molar-refractivity contribution in [2.24, 2.45) is 0 Å². The average molecular weight is 443 g/mol. The van der Waals surface area contributed by atoms with E-state index in [2.05, 4.69) is 0 Å². The van der Waals surface area contributed by atoms with Gasteiger partial charge in [0.25, 0.3) is 0 Å². The third-order valence-corrected chi connectivity index (χ3v) is 3.65. The van der Waals surface area contributed by atoms with E-state index in [1.54, 1.807) is 32.0 Å². The van der Waals surface area contributed by atoms with Gasteiger partial charge in [0.2, 0.25) is 0 Å². The summed E-state index contributed by atoms with van der Waals surface area (Å²) in [5, 5.41) is 17.7. The zero-order valence-electron chi connectivity index (χ0n) is 17.5. The number of rotatable bonds is 4. The van der Waals surface area contributed by atoms with E-state index in [0.29, 0.717) is 21.9 Å². The van der Waals surface area contributed by atoms with Gasteiger partial charge in [-0.15, -0.1) is 0 Å². The van der Waals surface area contributed by atoms with Crippen molar-refractivity contribution >= 4 is 34.8 Å². The number of aromatic hydroxyl groups is 1. The summed E-state index contributed by atoms with van der Waals surface area (Å²) in [4.78, 5) is 21.8. The number of carbonyl (C=O) groups excluding carboxylic acids is 2. The van der Waals surface area contributed by atoms with Crippen LogP contribution in [0.4, 0.5) is 0 Å². The number of Topliss-reactive ketones (excluding diaryl/α,β-unsaturated/α-hetero) is 2. The molecule has 0 aromatic heterocycles. The van der Waals surface area contributed by atoms with Crippen LogP contribution in [0, 0.1) is 0 Å². The van der Waals surface area contributed by atoms with Gasteiger partial charge in [0.05, 0.1) is 16.1 Å². The van der Waals surface area contributed by atoms with Crippen LogP contribution in [-0.2, 0) is 0 Å². The van der Waals surface area contributed by atoms with E-state index < -0.39 is 0 Å². The van der Waals surface area contributed by atoms with Crippen LogP contribution in [-0.4, -0.2) is 34.0 Å². The Kier molecular flexibility index (Phi) is 12.3. The van der Waals surface area contributed by atoms with Gasteiger partial charge in [-0.3, -0.25) is 9.59 Å². The molecule has 0 fully saturated rings. The highest BCUT2D eigenvalue weighted by molar-refractivity contribution is 6.32. The number of hydrogen-bond donors (Lipinski definition) is 2. The molecule has 2 rings (SSSR count). The summed E-state index contributed by atoms with van der Waals surface area (Å²) < 4.78 is 5.44. The van der Waals surface area contributed by atoms with Crippen molar-refractivity contribution in [3.05, 3.63) is 57.6 Å². The molecule has 0 saturated carbocycles. The number of ether oxygens (including phenoxy) is 1. The lowest BCUT2D eigenvalue weighted by Gasteiger charge is -2.11. The molecule has 5 nitrogen and oxygen atoms in total. The molecule has 2 aromatic rings. The molecular weight excluding hydrogens is 415 g/mol. The van der Waals surface area contributed by atoms with E-state index in [0.717, 1.165) is 0 Å². The van der Waals surface area contributed by atoms with Gasteiger partial charge in [0.1, 0.15) is 11.5 Å². The van der Waals surface area contributed by atoms with Gasteiger partial charge in [-0.05, 0) is 77.9 Å². The van der Waals surface area contributed by atoms with Crippen LogP contribution in [0.25, 0.3) is 0 Å². The Morgan fingerprint density at radius 3 is 1.62 bits per heavy atom. The first-order valence-corrected chi connectivity index (χ1v) is 9.75. The van der Waals surface area contributed by atoms with E-state index in [9.17, 15) is 9.59 Å². The highest BCUT2D eigenvalue weighted by Crippen LogP contribution is 2.26. The summed E-state index contributed by atoms with van der Waals surface area (Å²) in [6.07, 6.45) is -0.0873. The summed E-state index contributed by atoms with van der Waals surface area (Å²) in [6.45, 7) is 10.3. The summed E-state index contributed by atoms with van der Waals surface area (Å²) in [5.74, 6) is 0.554. The van der Waals surface area contributed by atoms with E-state index in [1.165, 1.54) is 32.0 Å². The molecule has 0 atom stereocenters. The topological polar surface area (TPSA) is 83.8 Å². The lowest BCUT2D eigenvalue weighted by Crippen LogP contribution is -2.06. The van der Waals surface area contributed by atoms with Crippen LogP contribution >= 0.6 is 23.2 Å². The highest BCUT2D eigenvalue weighted by atomic mass is 35.5. The number of phenolic OH excluding ortho intramolecular Hbond substituents is 1. The molecule has 0 heterocycles. The van der Waals surface area contributed by atoms with Crippen molar-refractivity contribution in [3.8, 4) is 11.5 Å². The Morgan fingerprint density at radius 2 is 1.28 bits per heavy atom. The number of halogens is 2. The fraction of sp³-hybridized carbons (Fsp3) is 0.364. The zero-order valence-corrected chi connectivity index (χ0v) is 19.0. The van der Waals surface area contributed by atoms with Crippen LogP contribution in [0.3, 0.4) is 0 Å². The highest BCUT2D eigenvalue weighted by Gasteiger charge is 2.07. The quantitative estimate of drug-likeness (QED) is 0.570. The van der Waals surface area contributed by atoms with Gasteiger partial charge >= 0.3 is 0 Å². The number of aliphatic hydroxyl groups excluding tert-OH is 1. The first-order chi connectivity index (χ1) is 13.3. The molecule has 0 unspecified atom stereocenters. The molecule has 2 aromatic carbocycles. The molecule has 0 radical (unpaired) electrons. The monoisotopic (exact) mass is 442 g/mol. The van der Waals surface area contributed by atoms with Gasteiger partial charge in [-0.1, -0.05) is 23.2 Å². The van der Waals surface area contributed by atoms with Crippen molar-refractivity contribution in [1.82, 2.24) is 0 Å². The van der Waals surface area contributed by atoms with Gasteiger partial charge in [0.15, 0.2) is 11.6 Å². The smallest absolute Gasteiger partial charge is 0.159 e. The Labute approximate surface area is 182 Å². The van der Waals surface area contributed by atoms with E-state index >= 15 is 0 Å². The Bertz CT molecular complexity index is 814. The minimum Gasteiger partial charge on any atom is -0.506 e. The third-order valence-electron chi connectivity index (χ3n) is 3.06. The lowest BCUT2D eigenvalue weighted by atomic mass is 10.1. The first-order valence-electron chi connectivity index (χ1n) is 8.99. The first kappa shape index (κ1) is 26.9. The van der Waals surface area contributed by atoms with Crippen molar-refractivity contribution in [3.63, 3.8) is 0 Å². The van der Waals surface area contributed by atoms with Crippen LogP contribution < -0.4 is 4.74 Å². The van der Waals surface area contributed by atoms with Crippen molar-refractivity contribution in [1.29, 1.82) is 0 Å². The molecule has 0 spiro atoms. The van der Waals surface area contributed by atoms with Crippen LogP contribution in [0.1, 0.15) is 62.3 Å². The normalized spacial score (nSPS) is 9.90. The number of ketones is 2. The van der Waals surface area contributed by atoms with Gasteiger partial charge < -0.3 is 14.9 Å². The van der Waals surface area contributed by atoms with E-state index in [1.807, 2.05) is 13.8 Å². The maximum atomic E-state index is 11.0. The van der Waals surface area contributed by atoms with Crippen molar-refractivity contribution in [2.75, 3.05) is 0 Å². The molecule has 0 aliphatic heterocycles. The number of benzene rings is 2. The average Bonchev–Trinajstić information content (AvgIpc) is 2.58. The molecule has 0 aliphatic rings. The second-order valence-corrected chi connectivity index (χ2v) is 7.50. The molecule has 29 heavy (non-hydrogen) atoms. The molecule has 7 heteroatoms. The van der Waals surface area contributed by atoms with Crippen LogP contribution in [0.5, 0.6) is 11.5 Å². The number of aliphatic hydroxyl groups is 1. The summed E-state index contributed by atoms with van der Waals surface area (Å²) in [6, 6.07) is 9.44. The second-order valence-electron chi connectivity index (χ2n) is 6.68. The van der Waals surface area contributed by atoms with Crippen molar-refractivity contribution in [2.45, 2.75) is 53.8 Å². The van der Waals surface area contributed by atoms with Crippen LogP contribution in [0.15, 0.2) is 36.4 Å². The Hall–Kier alpha value is -2.08. The molecule has 2 N–H and O–H groups in total. The standard InChI is InChI=1S/C11H13ClO2.C8H7ClO2.C3H8O/c1-7(2)14-11-5-4-9(8(3)13)6-10(11)12;1-5(10)6-2-3-8(11)7(9)4-6;1-3(2)4/h4-7H,1-3H3;2-4,11H,1H3;3-4H,1-2H3. The fourth-order valence-electron chi connectivity index (χ4n) is 1.80. The number of phenols is 1. The molecular formula is C22H28Cl2O5. The summed E-state index contributed by atoms with van der Waals surface area (Å²) in [7, 11) is 0. The molecule has 0 saturated heterocycles. The molecule has 0 aliphatic carbocycles. The maximum Gasteiger partial charge on any atom is 0.159 e. The third kappa shape index (κ3) is 11.5. The largest absolute Gasteiger partial charge is 0.506 e. The Morgan fingerprint density at radius 1 is 0.862 bits per heavy atom. The maximum absolute atomic E-state index is 11.0. The van der Waals surface area contributed by atoms with Crippen molar-refractivity contribution < 1.29 is 24.5 Å². The molecule has 0 amide bonds. The minimum absolute atomic E-state index is 0.00277. The van der Waals surface area contributed by atoms with Gasteiger partial charge in [-0.2, -0.15) is 0 Å². The van der Waals surface area contributed by atoms with Gasteiger partial charge in [-0.25, -0.2) is 0 Å². The van der Waals surface area contributed by atoms with Crippen LogP contribution in [0.2, 0.25) is 10.0 Å². The summed E-state index contributed by atoms with van der Waals surface area (Å²) in [5.41, 5.74) is 1.11. The fourth-order valence-corrected chi connectivity index (χ4v) is 2.20. The van der Waals surface area contributed by atoms with E-state index in [-0.39, 0.29) is 34.5 Å². The molecule has 160 valence electrons.